The number of benzene rings is 1. The molecular weight excluding hydrogens is 371 g/mol. The van der Waals surface area contributed by atoms with Crippen LogP contribution in [0.5, 0.6) is 5.75 Å². The molecule has 0 aliphatic heterocycles. The van der Waals surface area contributed by atoms with Gasteiger partial charge in [0.05, 0.1) is 29.6 Å². The summed E-state index contributed by atoms with van der Waals surface area (Å²) in [6, 6.07) is 9.30. The minimum absolute atomic E-state index is 0.394. The van der Waals surface area contributed by atoms with Crippen molar-refractivity contribution in [1.29, 1.82) is 0 Å². The van der Waals surface area contributed by atoms with Gasteiger partial charge in [0, 0.05) is 11.8 Å². The lowest BCUT2D eigenvalue weighted by molar-refractivity contribution is -0.0521. The van der Waals surface area contributed by atoms with E-state index in [0.29, 0.717) is 23.2 Å². The Labute approximate surface area is 157 Å². The van der Waals surface area contributed by atoms with Crippen molar-refractivity contribution in [2.75, 3.05) is 0 Å². The molecule has 28 heavy (non-hydrogen) atoms. The number of fused-ring (bicyclic) bond motifs is 1. The van der Waals surface area contributed by atoms with Crippen LogP contribution < -0.4 is 4.74 Å². The van der Waals surface area contributed by atoms with E-state index in [1.54, 1.807) is 23.1 Å². The van der Waals surface area contributed by atoms with E-state index in [9.17, 15) is 13.2 Å². The number of alkyl halides is 2. The molecule has 1 aromatic carbocycles. The molecule has 3 aromatic heterocycles. The van der Waals surface area contributed by atoms with E-state index in [0.717, 1.165) is 23.0 Å². The highest BCUT2D eigenvalue weighted by Crippen LogP contribution is 2.29. The van der Waals surface area contributed by atoms with E-state index in [-0.39, 0.29) is 0 Å². The number of hydrogen-bond donors (Lipinski definition) is 0. The van der Waals surface area contributed by atoms with Crippen molar-refractivity contribution in [3.8, 4) is 16.9 Å². The molecule has 0 aliphatic carbocycles. The Hall–Kier alpha value is -3.49. The molecule has 0 spiro atoms. The summed E-state index contributed by atoms with van der Waals surface area (Å²) in [6.45, 7) is -0.863. The molecular formula is C19H14F3N5O. The van der Waals surface area contributed by atoms with Crippen LogP contribution in [-0.4, -0.2) is 31.6 Å². The van der Waals surface area contributed by atoms with Gasteiger partial charge in [0.15, 0.2) is 11.6 Å². The van der Waals surface area contributed by atoms with Gasteiger partial charge in [-0.05, 0) is 42.8 Å². The summed E-state index contributed by atoms with van der Waals surface area (Å²) in [5.41, 5.74) is 4.04. The fourth-order valence-corrected chi connectivity index (χ4v) is 2.77. The third kappa shape index (κ3) is 3.64. The van der Waals surface area contributed by atoms with E-state index < -0.39 is 18.2 Å². The van der Waals surface area contributed by atoms with Gasteiger partial charge in [0.1, 0.15) is 5.52 Å². The number of halogens is 3. The molecule has 0 aliphatic rings. The van der Waals surface area contributed by atoms with E-state index in [4.69, 9.17) is 0 Å². The summed E-state index contributed by atoms with van der Waals surface area (Å²) < 4.78 is 44.6. The maximum atomic E-state index is 13.7. The summed E-state index contributed by atoms with van der Waals surface area (Å²) >= 11 is 0. The largest absolute Gasteiger partial charge is 0.432 e. The predicted molar refractivity (Wildman–Crippen MR) is 95.4 cm³/mol. The second kappa shape index (κ2) is 7.26. The Morgan fingerprint density at radius 1 is 1.04 bits per heavy atom. The van der Waals surface area contributed by atoms with Gasteiger partial charge >= 0.3 is 6.61 Å². The van der Waals surface area contributed by atoms with E-state index in [1.165, 1.54) is 12.1 Å². The van der Waals surface area contributed by atoms with Crippen molar-refractivity contribution >= 4 is 11.0 Å². The first-order valence-electron chi connectivity index (χ1n) is 8.35. The highest BCUT2D eigenvalue weighted by molar-refractivity contribution is 5.80. The van der Waals surface area contributed by atoms with E-state index in [2.05, 4.69) is 25.0 Å². The monoisotopic (exact) mass is 385 g/mol. The van der Waals surface area contributed by atoms with Crippen LogP contribution in [0.3, 0.4) is 0 Å². The minimum Gasteiger partial charge on any atom is -0.432 e. The Morgan fingerprint density at radius 3 is 2.64 bits per heavy atom. The van der Waals surface area contributed by atoms with Crippen LogP contribution in [-0.2, 0) is 6.54 Å². The van der Waals surface area contributed by atoms with Crippen molar-refractivity contribution in [3.05, 3.63) is 66.0 Å². The molecule has 6 nitrogen and oxygen atoms in total. The van der Waals surface area contributed by atoms with Gasteiger partial charge in [0.25, 0.3) is 0 Å². The molecule has 0 bridgehead atoms. The molecule has 0 radical (unpaired) electrons. The van der Waals surface area contributed by atoms with Crippen molar-refractivity contribution in [2.45, 2.75) is 20.1 Å². The quantitative estimate of drug-likeness (QED) is 0.520. The van der Waals surface area contributed by atoms with Gasteiger partial charge in [-0.1, -0.05) is 6.07 Å². The molecule has 3 heterocycles. The number of ether oxygens (including phenoxy) is 1. The molecule has 142 valence electrons. The second-order valence-electron chi connectivity index (χ2n) is 6.12. The smallest absolute Gasteiger partial charge is 0.387 e. The number of aryl methyl sites for hydroxylation is 1. The van der Waals surface area contributed by atoms with Crippen LogP contribution in [0, 0.1) is 12.7 Å². The lowest BCUT2D eigenvalue weighted by Crippen LogP contribution is -2.05. The second-order valence-corrected chi connectivity index (χ2v) is 6.12. The molecule has 0 saturated heterocycles. The lowest BCUT2D eigenvalue weighted by Gasteiger charge is -2.09. The van der Waals surface area contributed by atoms with Crippen molar-refractivity contribution < 1.29 is 17.9 Å². The van der Waals surface area contributed by atoms with Crippen LogP contribution >= 0.6 is 0 Å². The average molecular weight is 385 g/mol. The first-order chi connectivity index (χ1) is 13.5. The van der Waals surface area contributed by atoms with Crippen molar-refractivity contribution in [3.63, 3.8) is 0 Å². The van der Waals surface area contributed by atoms with Crippen molar-refractivity contribution in [2.24, 2.45) is 0 Å². The molecule has 0 atom stereocenters. The zero-order valence-corrected chi connectivity index (χ0v) is 14.7. The zero-order valence-electron chi connectivity index (χ0n) is 14.7. The van der Waals surface area contributed by atoms with E-state index >= 15 is 0 Å². The van der Waals surface area contributed by atoms with Gasteiger partial charge in [-0.2, -0.15) is 24.1 Å². The topological polar surface area (TPSA) is 65.7 Å². The molecule has 0 saturated carbocycles. The molecule has 0 N–H and O–H groups in total. The minimum atomic E-state index is -3.11. The van der Waals surface area contributed by atoms with Gasteiger partial charge in [-0.3, -0.25) is 9.67 Å². The Balaban J connectivity index is 1.70. The summed E-state index contributed by atoms with van der Waals surface area (Å²) in [5.74, 6) is -1.38. The summed E-state index contributed by atoms with van der Waals surface area (Å²) in [4.78, 5) is 4.34. The summed E-state index contributed by atoms with van der Waals surface area (Å²) in [7, 11) is 0. The normalized spacial score (nSPS) is 11.3. The van der Waals surface area contributed by atoms with Crippen LogP contribution in [0.25, 0.3) is 22.2 Å². The van der Waals surface area contributed by atoms with Crippen LogP contribution in [0.2, 0.25) is 0 Å². The van der Waals surface area contributed by atoms with Gasteiger partial charge in [0.2, 0.25) is 0 Å². The first kappa shape index (κ1) is 17.9. The van der Waals surface area contributed by atoms with E-state index in [1.807, 2.05) is 19.1 Å². The maximum Gasteiger partial charge on any atom is 0.387 e. The summed E-state index contributed by atoms with van der Waals surface area (Å²) in [6.07, 6.45) is 3.19. The maximum absolute atomic E-state index is 13.7. The number of hydrogen-bond acceptors (Lipinski definition) is 5. The van der Waals surface area contributed by atoms with Crippen LogP contribution in [0.15, 0.2) is 48.8 Å². The molecule has 0 unspecified atom stereocenters. The van der Waals surface area contributed by atoms with Gasteiger partial charge in [-0.25, -0.2) is 4.39 Å². The lowest BCUT2D eigenvalue weighted by atomic mass is 10.1. The summed E-state index contributed by atoms with van der Waals surface area (Å²) in [5, 5.41) is 12.5. The molecule has 0 amide bonds. The number of nitrogens with zero attached hydrogens (tertiary/aromatic N) is 5. The SMILES string of the molecule is Cc1ccc(Cn2ncc3ncc(-c4ccc(F)c(OC(F)F)c4)cc32)nn1. The molecule has 0 fully saturated rings. The number of rotatable bonds is 5. The fourth-order valence-electron chi connectivity index (χ4n) is 2.77. The highest BCUT2D eigenvalue weighted by Gasteiger charge is 2.13. The van der Waals surface area contributed by atoms with Crippen LogP contribution in [0.4, 0.5) is 13.2 Å². The third-order valence-corrected chi connectivity index (χ3v) is 4.14. The van der Waals surface area contributed by atoms with Gasteiger partial charge in [-0.15, -0.1) is 0 Å². The Morgan fingerprint density at radius 2 is 1.89 bits per heavy atom. The van der Waals surface area contributed by atoms with Crippen LogP contribution in [0.1, 0.15) is 11.4 Å². The Bertz CT molecular complexity index is 1130. The molecule has 9 heteroatoms. The Kier molecular flexibility index (Phi) is 4.64. The number of aromatic nitrogens is 5. The van der Waals surface area contributed by atoms with Gasteiger partial charge < -0.3 is 4.74 Å². The third-order valence-electron chi connectivity index (χ3n) is 4.14. The fraction of sp³-hybridized carbons (Fsp3) is 0.158. The zero-order chi connectivity index (χ0) is 19.7. The first-order valence-corrected chi connectivity index (χ1v) is 8.35. The standard InChI is InChI=1S/C19H14F3N5O/c1-11-2-4-14(26-25-11)10-27-17-6-13(8-23-16(17)9-24-27)12-3-5-15(20)18(7-12)28-19(21)22/h2-9,19H,10H2,1H3. The predicted octanol–water partition coefficient (Wildman–Crippen LogP) is 3.99. The molecule has 4 rings (SSSR count). The number of pyridine rings is 1. The highest BCUT2D eigenvalue weighted by atomic mass is 19.3. The van der Waals surface area contributed by atoms with Crippen molar-refractivity contribution in [1.82, 2.24) is 25.0 Å². The average Bonchev–Trinajstić information content (AvgIpc) is 3.07. The molecule has 4 aromatic rings.